The van der Waals surface area contributed by atoms with Gasteiger partial charge in [0.1, 0.15) is 18.0 Å². The van der Waals surface area contributed by atoms with Gasteiger partial charge >= 0.3 is 0 Å². The Bertz CT molecular complexity index is 1480. The van der Waals surface area contributed by atoms with Crippen LogP contribution in [0, 0.1) is 5.92 Å². The van der Waals surface area contributed by atoms with E-state index in [4.69, 9.17) is 27.9 Å². The van der Waals surface area contributed by atoms with Crippen LogP contribution in [-0.4, -0.2) is 51.4 Å². The first kappa shape index (κ1) is 29.1. The fourth-order valence-corrected chi connectivity index (χ4v) is 7.07. The van der Waals surface area contributed by atoms with Crippen molar-refractivity contribution in [2.24, 2.45) is 13.0 Å². The number of rotatable bonds is 8. The Kier molecular flexibility index (Phi) is 8.09. The van der Waals surface area contributed by atoms with Gasteiger partial charge in [-0.25, -0.2) is 13.4 Å². The second-order valence-electron chi connectivity index (χ2n) is 11.8. The number of halogens is 2. The van der Waals surface area contributed by atoms with Crippen molar-refractivity contribution < 1.29 is 17.9 Å². The van der Waals surface area contributed by atoms with Crippen LogP contribution in [0.15, 0.2) is 60.9 Å². The lowest BCUT2D eigenvalue weighted by molar-refractivity contribution is -0.179. The highest BCUT2D eigenvalue weighted by molar-refractivity contribution is 7.92. The number of benzene rings is 2. The second-order valence-corrected chi connectivity index (χ2v) is 15.5. The molecule has 10 heteroatoms. The summed E-state index contributed by atoms with van der Waals surface area (Å²) in [5, 5.41) is 1.12. The van der Waals surface area contributed by atoms with Crippen molar-refractivity contribution in [2.45, 2.75) is 69.1 Å². The van der Waals surface area contributed by atoms with Crippen molar-refractivity contribution in [3.05, 3.63) is 87.9 Å². The molecule has 5 rings (SSSR count). The number of carbonyl (C=O) groups excluding carboxylic acids is 1. The maximum atomic E-state index is 14.5. The summed E-state index contributed by atoms with van der Waals surface area (Å²) < 4.78 is 34.8. The average molecular weight is 605 g/mol. The van der Waals surface area contributed by atoms with E-state index in [2.05, 4.69) is 4.98 Å². The van der Waals surface area contributed by atoms with E-state index in [1.165, 1.54) is 0 Å². The third kappa shape index (κ3) is 5.96. The first-order chi connectivity index (χ1) is 18.9. The van der Waals surface area contributed by atoms with Gasteiger partial charge in [-0.05, 0) is 74.9 Å². The highest BCUT2D eigenvalue weighted by atomic mass is 35.5. The van der Waals surface area contributed by atoms with Crippen molar-refractivity contribution in [2.75, 3.05) is 5.75 Å². The van der Waals surface area contributed by atoms with Crippen LogP contribution in [-0.2, 0) is 32.8 Å². The van der Waals surface area contributed by atoms with Crippen LogP contribution < -0.4 is 0 Å². The molecule has 3 aromatic rings. The summed E-state index contributed by atoms with van der Waals surface area (Å²) in [6.07, 6.45) is 4.06. The number of amides is 1. The number of morpholine rings is 1. The number of hydrogen-bond acceptors (Lipinski definition) is 5. The Morgan fingerprint density at radius 1 is 1.05 bits per heavy atom. The first-order valence-electron chi connectivity index (χ1n) is 13.5. The van der Waals surface area contributed by atoms with E-state index in [1.807, 2.05) is 53.0 Å². The minimum atomic E-state index is -3.54. The predicted octanol–water partition coefficient (Wildman–Crippen LogP) is 5.97. The van der Waals surface area contributed by atoms with Gasteiger partial charge in [-0.1, -0.05) is 47.5 Å². The first-order valence-corrected chi connectivity index (χ1v) is 15.9. The maximum absolute atomic E-state index is 14.5. The molecule has 1 aliphatic carbocycles. The summed E-state index contributed by atoms with van der Waals surface area (Å²) in [7, 11) is -1.67. The number of carbonyl (C=O) groups is 1. The molecule has 0 radical (unpaired) electrons. The molecule has 4 unspecified atom stereocenters. The summed E-state index contributed by atoms with van der Waals surface area (Å²) in [5.74, 6) is 0.442. The van der Waals surface area contributed by atoms with Gasteiger partial charge in [-0.2, -0.15) is 0 Å². The van der Waals surface area contributed by atoms with Crippen LogP contribution in [0.1, 0.15) is 62.7 Å². The number of imidazole rings is 1. The molecule has 2 heterocycles. The number of hydrogen-bond donors (Lipinski definition) is 0. The summed E-state index contributed by atoms with van der Waals surface area (Å²) in [5.41, 5.74) is 1.62. The molecular formula is C30H35Cl2N3O4S. The Hall–Kier alpha value is -2.39. The predicted molar refractivity (Wildman–Crippen MR) is 157 cm³/mol. The standard InChI is InChI=1S/C30H35Cl2N3O4S/c1-30(2,3)40(37,38)18-24(19-8-9-19)35-27(20-10-12-22(31)13-11-20)28(21-6-5-7-23(32)16-21)39-25(29(35)36)17-26-33-14-15-34(26)4/h5-7,10-16,19,24-25,27-28H,8-9,17-18H2,1-4H3. The monoisotopic (exact) mass is 603 g/mol. The molecule has 1 amide bonds. The van der Waals surface area contributed by atoms with Crippen molar-refractivity contribution in [3.8, 4) is 0 Å². The summed E-state index contributed by atoms with van der Waals surface area (Å²) >= 11 is 12.7. The zero-order valence-corrected chi connectivity index (χ0v) is 25.5. The molecule has 4 atom stereocenters. The lowest BCUT2D eigenvalue weighted by atomic mass is 9.89. The number of sulfone groups is 1. The van der Waals surface area contributed by atoms with Crippen molar-refractivity contribution in [1.82, 2.24) is 14.5 Å². The van der Waals surface area contributed by atoms with Crippen molar-refractivity contribution in [1.29, 1.82) is 0 Å². The number of ether oxygens (including phenoxy) is 1. The minimum Gasteiger partial charge on any atom is -0.357 e. The Morgan fingerprint density at radius 3 is 2.33 bits per heavy atom. The highest BCUT2D eigenvalue weighted by Gasteiger charge is 2.52. The SMILES string of the molecule is Cn1ccnc1CC1OC(c2cccc(Cl)c2)C(c2ccc(Cl)cc2)N(C(CS(=O)(=O)C(C)(C)C)C2CC2)C1=O. The number of aryl methyl sites for hydroxylation is 1. The zero-order valence-electron chi connectivity index (χ0n) is 23.1. The largest absolute Gasteiger partial charge is 0.357 e. The third-order valence-corrected chi connectivity index (χ3v) is 11.1. The van der Waals surface area contributed by atoms with Gasteiger partial charge in [0, 0.05) is 41.9 Å². The van der Waals surface area contributed by atoms with E-state index in [0.717, 1.165) is 24.0 Å². The van der Waals surface area contributed by atoms with E-state index in [1.54, 1.807) is 45.2 Å². The minimum absolute atomic E-state index is 0.0859. The van der Waals surface area contributed by atoms with E-state index < -0.39 is 38.9 Å². The van der Waals surface area contributed by atoms with Crippen molar-refractivity contribution >= 4 is 38.9 Å². The van der Waals surface area contributed by atoms with Crippen molar-refractivity contribution in [3.63, 3.8) is 0 Å². The maximum Gasteiger partial charge on any atom is 0.253 e. The highest BCUT2D eigenvalue weighted by Crippen LogP contribution is 2.48. The Balaban J connectivity index is 1.67. The molecule has 2 aliphatic rings. The molecule has 2 aromatic carbocycles. The molecule has 1 aliphatic heterocycles. The number of nitrogens with zero attached hydrogens (tertiary/aromatic N) is 3. The van der Waals surface area contributed by atoms with E-state index in [9.17, 15) is 13.2 Å². The molecule has 0 bridgehead atoms. The summed E-state index contributed by atoms with van der Waals surface area (Å²) in [6.45, 7) is 5.13. The Morgan fingerprint density at radius 2 is 1.75 bits per heavy atom. The lowest BCUT2D eigenvalue weighted by Gasteiger charge is -2.48. The van der Waals surface area contributed by atoms with Gasteiger partial charge in [0.05, 0.1) is 16.5 Å². The normalized spacial score (nSPS) is 22.9. The van der Waals surface area contributed by atoms with Gasteiger partial charge in [-0.15, -0.1) is 0 Å². The molecule has 214 valence electrons. The Labute approximate surface area is 246 Å². The molecule has 7 nitrogen and oxygen atoms in total. The van der Waals surface area contributed by atoms with Gasteiger partial charge < -0.3 is 14.2 Å². The molecular weight excluding hydrogens is 569 g/mol. The van der Waals surface area contributed by atoms with Crippen LogP contribution in [0.25, 0.3) is 0 Å². The van der Waals surface area contributed by atoms with Gasteiger partial charge in [0.25, 0.3) is 5.91 Å². The molecule has 0 spiro atoms. The average Bonchev–Trinajstić information content (AvgIpc) is 3.65. The summed E-state index contributed by atoms with van der Waals surface area (Å²) in [6, 6.07) is 13.7. The zero-order chi connectivity index (χ0) is 28.8. The molecule has 1 saturated heterocycles. The quantitative estimate of drug-likeness (QED) is 0.317. The van der Waals surface area contributed by atoms with Gasteiger partial charge in [-0.3, -0.25) is 4.79 Å². The van der Waals surface area contributed by atoms with E-state index in [0.29, 0.717) is 15.9 Å². The van der Waals surface area contributed by atoms with E-state index >= 15 is 0 Å². The van der Waals surface area contributed by atoms with Crippen LogP contribution >= 0.6 is 23.2 Å². The number of aromatic nitrogens is 2. The van der Waals surface area contributed by atoms with E-state index in [-0.39, 0.29) is 24.0 Å². The third-order valence-electron chi connectivity index (χ3n) is 7.95. The molecule has 1 saturated carbocycles. The second kappa shape index (κ2) is 11.1. The molecule has 40 heavy (non-hydrogen) atoms. The van der Waals surface area contributed by atoms with Gasteiger partial charge in [0.15, 0.2) is 9.84 Å². The molecule has 2 fully saturated rings. The van der Waals surface area contributed by atoms with Crippen LogP contribution in [0.2, 0.25) is 10.0 Å². The summed E-state index contributed by atoms with van der Waals surface area (Å²) in [4.78, 5) is 20.7. The fraction of sp³-hybridized carbons (Fsp3) is 0.467. The molecule has 1 aromatic heterocycles. The van der Waals surface area contributed by atoms with Crippen LogP contribution in [0.5, 0.6) is 0 Å². The van der Waals surface area contributed by atoms with Crippen LogP contribution in [0.4, 0.5) is 0 Å². The van der Waals surface area contributed by atoms with Crippen LogP contribution in [0.3, 0.4) is 0 Å². The molecule has 0 N–H and O–H groups in total. The fourth-order valence-electron chi connectivity index (χ4n) is 5.36. The smallest absolute Gasteiger partial charge is 0.253 e. The lowest BCUT2D eigenvalue weighted by Crippen LogP contribution is -2.58. The van der Waals surface area contributed by atoms with Gasteiger partial charge in [0.2, 0.25) is 0 Å². The topological polar surface area (TPSA) is 81.5 Å².